The summed E-state index contributed by atoms with van der Waals surface area (Å²) in [6, 6.07) is 26.5. The van der Waals surface area contributed by atoms with Gasteiger partial charge in [0, 0.05) is 11.4 Å². The summed E-state index contributed by atoms with van der Waals surface area (Å²) in [6.07, 6.45) is 0. The van der Waals surface area contributed by atoms with Crippen LogP contribution in [0.1, 0.15) is 11.6 Å². The van der Waals surface area contributed by atoms with Gasteiger partial charge in [0.1, 0.15) is 11.8 Å². The zero-order chi connectivity index (χ0) is 20.2. The first-order chi connectivity index (χ1) is 14.2. The van der Waals surface area contributed by atoms with Crippen molar-refractivity contribution < 1.29 is 9.53 Å². The molecule has 1 saturated heterocycles. The Morgan fingerprint density at radius 2 is 1.55 bits per heavy atom. The number of nitrogens with one attached hydrogen (secondary N) is 2. The van der Waals surface area contributed by atoms with Crippen LogP contribution in [0.5, 0.6) is 5.75 Å². The minimum Gasteiger partial charge on any atom is -0.497 e. The molecule has 2 N–H and O–H groups in total. The van der Waals surface area contributed by atoms with Crippen molar-refractivity contribution in [1.29, 1.82) is 0 Å². The van der Waals surface area contributed by atoms with Crippen LogP contribution in [0.2, 0.25) is 0 Å². The van der Waals surface area contributed by atoms with Crippen LogP contribution in [-0.4, -0.2) is 24.2 Å². The van der Waals surface area contributed by atoms with E-state index in [2.05, 4.69) is 10.6 Å². The van der Waals surface area contributed by atoms with E-state index in [4.69, 9.17) is 17.0 Å². The second-order valence-corrected chi connectivity index (χ2v) is 7.11. The SMILES string of the molecule is COc1ccc(N2C(=O)[C@H](NC(=S)Nc3ccccc3)[C@H]2c2ccccc2)cc1. The van der Waals surface area contributed by atoms with Crippen LogP contribution in [0.3, 0.4) is 0 Å². The quantitative estimate of drug-likeness (QED) is 0.495. The molecule has 3 aromatic rings. The van der Waals surface area contributed by atoms with E-state index in [1.54, 1.807) is 12.0 Å². The van der Waals surface area contributed by atoms with Crippen molar-refractivity contribution in [3.05, 3.63) is 90.5 Å². The van der Waals surface area contributed by atoms with E-state index in [1.807, 2.05) is 84.9 Å². The van der Waals surface area contributed by atoms with Crippen molar-refractivity contribution in [2.45, 2.75) is 12.1 Å². The molecule has 29 heavy (non-hydrogen) atoms. The Kier molecular flexibility index (Phi) is 5.44. The van der Waals surface area contributed by atoms with Crippen molar-refractivity contribution in [3.63, 3.8) is 0 Å². The molecule has 2 atom stereocenters. The smallest absolute Gasteiger partial charge is 0.252 e. The van der Waals surface area contributed by atoms with Gasteiger partial charge in [-0.05, 0) is 54.2 Å². The number of anilines is 2. The Labute approximate surface area is 175 Å². The van der Waals surface area contributed by atoms with Gasteiger partial charge in [-0.15, -0.1) is 0 Å². The molecule has 0 radical (unpaired) electrons. The number of nitrogens with zero attached hydrogens (tertiary/aromatic N) is 1. The van der Waals surface area contributed by atoms with Crippen LogP contribution in [0, 0.1) is 0 Å². The van der Waals surface area contributed by atoms with E-state index in [0.717, 1.165) is 22.7 Å². The third-order valence-corrected chi connectivity index (χ3v) is 5.13. The van der Waals surface area contributed by atoms with Crippen LogP contribution in [-0.2, 0) is 4.79 Å². The molecule has 0 spiro atoms. The molecule has 1 amide bonds. The summed E-state index contributed by atoms with van der Waals surface area (Å²) in [5, 5.41) is 6.75. The minimum absolute atomic E-state index is 0.0266. The first kappa shape index (κ1) is 19.0. The molecule has 6 heteroatoms. The normalized spacial score (nSPS) is 18.0. The molecular weight excluding hydrogens is 382 g/mol. The van der Waals surface area contributed by atoms with Gasteiger partial charge in [-0.25, -0.2) is 0 Å². The number of β-lactam (4-membered cyclic amide) rings is 1. The average Bonchev–Trinajstić information content (AvgIpc) is 2.77. The molecule has 146 valence electrons. The van der Waals surface area contributed by atoms with Crippen molar-refractivity contribution >= 4 is 34.6 Å². The first-order valence-electron chi connectivity index (χ1n) is 9.32. The zero-order valence-corrected chi connectivity index (χ0v) is 16.7. The molecule has 0 aliphatic carbocycles. The standard InChI is InChI=1S/C23H21N3O2S/c1-28-19-14-12-18(13-15-19)26-21(16-8-4-2-5-9-16)20(22(26)27)25-23(29)24-17-10-6-3-7-11-17/h2-15,20-21H,1H3,(H2,24,25,29)/t20-,21-/m1/s1. The fourth-order valence-electron chi connectivity index (χ4n) is 3.48. The Hall–Kier alpha value is -3.38. The maximum absolute atomic E-state index is 13.0. The summed E-state index contributed by atoms with van der Waals surface area (Å²) in [6.45, 7) is 0. The number of amides is 1. The van der Waals surface area contributed by atoms with Gasteiger partial charge < -0.3 is 20.3 Å². The van der Waals surface area contributed by atoms with Crippen LogP contribution >= 0.6 is 12.2 Å². The van der Waals surface area contributed by atoms with Crippen LogP contribution in [0.15, 0.2) is 84.9 Å². The predicted molar refractivity (Wildman–Crippen MR) is 119 cm³/mol. The second-order valence-electron chi connectivity index (χ2n) is 6.70. The number of thiocarbonyl (C=S) groups is 1. The predicted octanol–water partition coefficient (Wildman–Crippen LogP) is 4.14. The third-order valence-electron chi connectivity index (χ3n) is 4.91. The fourth-order valence-corrected chi connectivity index (χ4v) is 3.73. The summed E-state index contributed by atoms with van der Waals surface area (Å²) in [5.74, 6) is 0.724. The van der Waals surface area contributed by atoms with Gasteiger partial charge in [-0.3, -0.25) is 4.79 Å². The number of ether oxygens (including phenoxy) is 1. The average molecular weight is 404 g/mol. The lowest BCUT2D eigenvalue weighted by atomic mass is 9.87. The molecule has 0 saturated carbocycles. The summed E-state index contributed by atoms with van der Waals surface area (Å²) >= 11 is 5.45. The van der Waals surface area contributed by atoms with Crippen molar-refractivity contribution in [3.8, 4) is 5.75 Å². The summed E-state index contributed by atoms with van der Waals surface area (Å²) in [5.41, 5.74) is 2.74. The Morgan fingerprint density at radius 3 is 2.17 bits per heavy atom. The summed E-state index contributed by atoms with van der Waals surface area (Å²) in [7, 11) is 1.62. The molecule has 0 bridgehead atoms. The van der Waals surface area contributed by atoms with Crippen molar-refractivity contribution in [1.82, 2.24) is 5.32 Å². The summed E-state index contributed by atoms with van der Waals surface area (Å²) < 4.78 is 5.23. The number of carbonyl (C=O) groups excluding carboxylic acids is 1. The van der Waals surface area contributed by atoms with Crippen LogP contribution < -0.4 is 20.3 Å². The molecule has 0 unspecified atom stereocenters. The second kappa shape index (κ2) is 8.32. The number of carbonyl (C=O) groups is 1. The third kappa shape index (κ3) is 3.93. The number of methoxy groups -OCH3 is 1. The lowest BCUT2D eigenvalue weighted by molar-refractivity contribution is -0.126. The van der Waals surface area contributed by atoms with Crippen LogP contribution in [0.4, 0.5) is 11.4 Å². The molecule has 1 fully saturated rings. The molecule has 4 rings (SSSR count). The molecule has 1 aliphatic heterocycles. The van der Waals surface area contributed by atoms with Gasteiger partial charge >= 0.3 is 0 Å². The number of hydrogen-bond acceptors (Lipinski definition) is 3. The number of rotatable bonds is 5. The molecule has 0 aromatic heterocycles. The van der Waals surface area contributed by atoms with E-state index in [-0.39, 0.29) is 11.9 Å². The number of benzene rings is 3. The monoisotopic (exact) mass is 403 g/mol. The number of para-hydroxylation sites is 1. The largest absolute Gasteiger partial charge is 0.497 e. The van der Waals surface area contributed by atoms with E-state index in [0.29, 0.717) is 5.11 Å². The van der Waals surface area contributed by atoms with E-state index >= 15 is 0 Å². The topological polar surface area (TPSA) is 53.6 Å². The lowest BCUT2D eigenvalue weighted by Gasteiger charge is -2.47. The molecule has 1 aliphatic rings. The highest BCUT2D eigenvalue weighted by Gasteiger charge is 2.49. The van der Waals surface area contributed by atoms with Crippen LogP contribution in [0.25, 0.3) is 0 Å². The Morgan fingerprint density at radius 1 is 0.931 bits per heavy atom. The fraction of sp³-hybridized carbons (Fsp3) is 0.130. The zero-order valence-electron chi connectivity index (χ0n) is 15.9. The van der Waals surface area contributed by atoms with Gasteiger partial charge in [0.25, 0.3) is 5.91 Å². The van der Waals surface area contributed by atoms with Crippen molar-refractivity contribution in [2.24, 2.45) is 0 Å². The van der Waals surface area contributed by atoms with Crippen molar-refractivity contribution in [2.75, 3.05) is 17.3 Å². The maximum atomic E-state index is 13.0. The van der Waals surface area contributed by atoms with Gasteiger partial charge in [0.2, 0.25) is 0 Å². The molecular formula is C23H21N3O2S. The Balaban J connectivity index is 1.56. The van der Waals surface area contributed by atoms with Gasteiger partial charge in [-0.1, -0.05) is 48.5 Å². The van der Waals surface area contributed by atoms with E-state index < -0.39 is 6.04 Å². The highest BCUT2D eigenvalue weighted by atomic mass is 32.1. The highest BCUT2D eigenvalue weighted by Crippen LogP contribution is 2.39. The molecule has 3 aromatic carbocycles. The van der Waals surface area contributed by atoms with Gasteiger partial charge in [0.15, 0.2) is 5.11 Å². The summed E-state index contributed by atoms with van der Waals surface area (Å²) in [4.78, 5) is 14.8. The molecule has 5 nitrogen and oxygen atoms in total. The highest BCUT2D eigenvalue weighted by molar-refractivity contribution is 7.80. The Bertz CT molecular complexity index is 994. The first-order valence-corrected chi connectivity index (χ1v) is 9.73. The van der Waals surface area contributed by atoms with Gasteiger partial charge in [0.05, 0.1) is 13.2 Å². The minimum atomic E-state index is -0.441. The maximum Gasteiger partial charge on any atom is 0.252 e. The van der Waals surface area contributed by atoms with Gasteiger partial charge in [-0.2, -0.15) is 0 Å². The lowest BCUT2D eigenvalue weighted by Crippen LogP contribution is -2.66. The van der Waals surface area contributed by atoms with E-state index in [9.17, 15) is 4.79 Å². The molecule has 1 heterocycles. The van der Waals surface area contributed by atoms with E-state index in [1.165, 1.54) is 0 Å². The number of hydrogen-bond donors (Lipinski definition) is 2.